The Morgan fingerprint density at radius 3 is 0.833 bits per heavy atom. The zero-order valence-electron chi connectivity index (χ0n) is 12.9. The minimum atomic E-state index is 0.693. The number of hydrogen-bond donors (Lipinski definition) is 4. The van der Waals surface area contributed by atoms with Gasteiger partial charge < -0.3 is 22.9 Å². The Morgan fingerprint density at radius 1 is 0.333 bits per heavy atom. The van der Waals surface area contributed by atoms with Gasteiger partial charge in [-0.1, -0.05) is 24.3 Å². The topological polar surface area (TPSA) is 104 Å². The largest absolute Gasteiger partial charge is 0.398 e. The van der Waals surface area contributed by atoms with Gasteiger partial charge in [0.1, 0.15) is 0 Å². The van der Waals surface area contributed by atoms with Gasteiger partial charge >= 0.3 is 0 Å². The van der Waals surface area contributed by atoms with Crippen molar-refractivity contribution >= 4 is 65.8 Å². The Balaban J connectivity index is 2.26. The Hall–Kier alpha value is -3.40. The standard InChI is InChI=1S/C20H16N4/c21-13-5-1-9-10-2-6-15(23)20-16(24)8-4-12(18(10)20)11-3-7-14(22)19(13)17(9)11/h1-8H,21-24H2. The van der Waals surface area contributed by atoms with E-state index in [1.165, 1.54) is 0 Å². The number of nitrogen functional groups attached to an aromatic ring is 4. The fourth-order valence-electron chi connectivity index (χ4n) is 4.00. The number of rotatable bonds is 0. The maximum absolute atomic E-state index is 6.22. The number of benzene rings is 5. The second-order valence-electron chi connectivity index (χ2n) is 6.31. The molecule has 0 spiro atoms. The van der Waals surface area contributed by atoms with Crippen LogP contribution in [0.15, 0.2) is 48.5 Å². The Kier molecular flexibility index (Phi) is 2.24. The first kappa shape index (κ1) is 13.1. The molecule has 4 heteroatoms. The van der Waals surface area contributed by atoms with E-state index in [2.05, 4.69) is 24.3 Å². The van der Waals surface area contributed by atoms with Gasteiger partial charge in [-0.2, -0.15) is 0 Å². The average molecular weight is 312 g/mol. The van der Waals surface area contributed by atoms with Crippen LogP contribution >= 0.6 is 0 Å². The summed E-state index contributed by atoms with van der Waals surface area (Å²) in [6.07, 6.45) is 0. The number of hydrogen-bond acceptors (Lipinski definition) is 4. The summed E-state index contributed by atoms with van der Waals surface area (Å²) >= 11 is 0. The van der Waals surface area contributed by atoms with E-state index in [0.29, 0.717) is 22.7 Å². The van der Waals surface area contributed by atoms with Crippen LogP contribution in [0.2, 0.25) is 0 Å². The van der Waals surface area contributed by atoms with Crippen molar-refractivity contribution in [1.82, 2.24) is 0 Å². The van der Waals surface area contributed by atoms with Gasteiger partial charge in [0.15, 0.2) is 0 Å². The van der Waals surface area contributed by atoms with Crippen LogP contribution in [0.25, 0.3) is 43.1 Å². The summed E-state index contributed by atoms with van der Waals surface area (Å²) in [6.45, 7) is 0. The van der Waals surface area contributed by atoms with Crippen LogP contribution in [0.4, 0.5) is 22.7 Å². The van der Waals surface area contributed by atoms with E-state index in [1.54, 1.807) is 0 Å². The molecule has 0 atom stereocenters. The van der Waals surface area contributed by atoms with E-state index in [0.717, 1.165) is 43.1 Å². The first-order chi connectivity index (χ1) is 11.6. The lowest BCUT2D eigenvalue weighted by Crippen LogP contribution is -1.98. The highest BCUT2D eigenvalue weighted by atomic mass is 14.6. The molecular weight excluding hydrogens is 296 g/mol. The molecular formula is C20H16N4. The second kappa shape index (κ2) is 4.11. The molecule has 0 saturated heterocycles. The van der Waals surface area contributed by atoms with E-state index < -0.39 is 0 Å². The molecule has 0 aliphatic heterocycles. The zero-order valence-corrected chi connectivity index (χ0v) is 12.9. The molecule has 8 N–H and O–H groups in total. The van der Waals surface area contributed by atoms with Crippen molar-refractivity contribution < 1.29 is 0 Å². The third-order valence-electron chi connectivity index (χ3n) is 5.03. The van der Waals surface area contributed by atoms with Crippen molar-refractivity contribution in [3.8, 4) is 0 Å². The molecule has 0 saturated carbocycles. The number of fused-ring (bicyclic) bond motifs is 2. The van der Waals surface area contributed by atoms with Crippen molar-refractivity contribution in [2.75, 3.05) is 22.9 Å². The van der Waals surface area contributed by atoms with Gasteiger partial charge in [0, 0.05) is 44.3 Å². The normalized spacial score (nSPS) is 12.0. The van der Waals surface area contributed by atoms with Gasteiger partial charge in [-0.25, -0.2) is 0 Å². The summed E-state index contributed by atoms with van der Waals surface area (Å²) in [5.41, 5.74) is 27.6. The summed E-state index contributed by atoms with van der Waals surface area (Å²) in [4.78, 5) is 0. The van der Waals surface area contributed by atoms with Gasteiger partial charge in [0.25, 0.3) is 0 Å². The molecule has 0 fully saturated rings. The molecule has 0 radical (unpaired) electrons. The molecule has 5 aromatic rings. The highest BCUT2D eigenvalue weighted by Gasteiger charge is 2.17. The highest BCUT2D eigenvalue weighted by molar-refractivity contribution is 6.37. The van der Waals surface area contributed by atoms with Crippen LogP contribution < -0.4 is 22.9 Å². The summed E-state index contributed by atoms with van der Waals surface area (Å²) in [7, 11) is 0. The zero-order chi connectivity index (χ0) is 16.6. The molecule has 116 valence electrons. The van der Waals surface area contributed by atoms with Gasteiger partial charge in [-0.3, -0.25) is 0 Å². The van der Waals surface area contributed by atoms with Crippen LogP contribution in [0, 0.1) is 0 Å². The van der Waals surface area contributed by atoms with Crippen molar-refractivity contribution in [3.63, 3.8) is 0 Å². The van der Waals surface area contributed by atoms with Crippen LogP contribution in [-0.2, 0) is 0 Å². The summed E-state index contributed by atoms with van der Waals surface area (Å²) in [5, 5.41) is 8.48. The molecule has 24 heavy (non-hydrogen) atoms. The molecule has 0 heterocycles. The van der Waals surface area contributed by atoms with Crippen LogP contribution in [0.1, 0.15) is 0 Å². The van der Waals surface area contributed by atoms with Gasteiger partial charge in [0.2, 0.25) is 0 Å². The van der Waals surface area contributed by atoms with Gasteiger partial charge in [-0.05, 0) is 45.8 Å². The van der Waals surface area contributed by atoms with Crippen molar-refractivity contribution in [3.05, 3.63) is 48.5 Å². The molecule has 0 aliphatic carbocycles. The minimum Gasteiger partial charge on any atom is -0.398 e. The van der Waals surface area contributed by atoms with Crippen molar-refractivity contribution in [1.29, 1.82) is 0 Å². The third kappa shape index (κ3) is 1.38. The first-order valence-electron chi connectivity index (χ1n) is 7.80. The molecule has 0 aromatic heterocycles. The molecule has 4 nitrogen and oxygen atoms in total. The summed E-state index contributed by atoms with van der Waals surface area (Å²) in [5.74, 6) is 0. The Morgan fingerprint density at radius 2 is 0.583 bits per heavy atom. The predicted octanol–water partition coefficient (Wildman–Crippen LogP) is 4.07. The van der Waals surface area contributed by atoms with Crippen LogP contribution in [-0.4, -0.2) is 0 Å². The summed E-state index contributed by atoms with van der Waals surface area (Å²) in [6, 6.07) is 15.9. The van der Waals surface area contributed by atoms with E-state index in [4.69, 9.17) is 22.9 Å². The highest BCUT2D eigenvalue weighted by Crippen LogP contribution is 2.45. The monoisotopic (exact) mass is 312 g/mol. The Labute approximate surface area is 137 Å². The maximum atomic E-state index is 6.22. The quantitative estimate of drug-likeness (QED) is 0.196. The van der Waals surface area contributed by atoms with E-state index in [9.17, 15) is 0 Å². The lowest BCUT2D eigenvalue weighted by molar-refractivity contribution is 1.73. The lowest BCUT2D eigenvalue weighted by Gasteiger charge is -2.18. The van der Waals surface area contributed by atoms with Crippen molar-refractivity contribution in [2.24, 2.45) is 0 Å². The van der Waals surface area contributed by atoms with E-state index in [1.807, 2.05) is 24.3 Å². The molecule has 0 bridgehead atoms. The predicted molar refractivity (Wildman–Crippen MR) is 105 cm³/mol. The Bertz CT molecular complexity index is 1090. The molecule has 5 aromatic carbocycles. The average Bonchev–Trinajstić information content (AvgIpc) is 2.57. The second-order valence-corrected chi connectivity index (χ2v) is 6.31. The number of anilines is 4. The molecule has 0 unspecified atom stereocenters. The van der Waals surface area contributed by atoms with E-state index in [-0.39, 0.29) is 0 Å². The molecule has 0 aliphatic rings. The van der Waals surface area contributed by atoms with Crippen LogP contribution in [0.5, 0.6) is 0 Å². The summed E-state index contributed by atoms with van der Waals surface area (Å²) < 4.78 is 0. The number of nitrogens with two attached hydrogens (primary N) is 4. The SMILES string of the molecule is Nc1ccc2c3ccc(N)c4c(N)ccc(c5ccc(N)c1c25)c43. The first-order valence-corrected chi connectivity index (χ1v) is 7.80. The smallest absolute Gasteiger partial charge is 0.0415 e. The lowest BCUT2D eigenvalue weighted by atomic mass is 9.88. The fraction of sp³-hybridized carbons (Fsp3) is 0. The minimum absolute atomic E-state index is 0.693. The maximum Gasteiger partial charge on any atom is 0.0415 e. The molecule has 0 amide bonds. The van der Waals surface area contributed by atoms with E-state index >= 15 is 0 Å². The van der Waals surface area contributed by atoms with Gasteiger partial charge in [0.05, 0.1) is 0 Å². The van der Waals surface area contributed by atoms with Gasteiger partial charge in [-0.15, -0.1) is 0 Å². The third-order valence-corrected chi connectivity index (χ3v) is 5.03. The fourth-order valence-corrected chi connectivity index (χ4v) is 4.00. The van der Waals surface area contributed by atoms with Crippen molar-refractivity contribution in [2.45, 2.75) is 0 Å². The molecule has 5 rings (SSSR count). The van der Waals surface area contributed by atoms with Crippen LogP contribution in [0.3, 0.4) is 0 Å².